The van der Waals surface area contributed by atoms with E-state index in [4.69, 9.17) is 15.1 Å². The number of carbonyl (C=O) groups is 1. The van der Waals surface area contributed by atoms with Crippen LogP contribution in [-0.2, 0) is 0 Å². The first-order valence-electron chi connectivity index (χ1n) is 7.30. The Kier molecular flexibility index (Phi) is 5.44. The van der Waals surface area contributed by atoms with E-state index in [1.165, 1.54) is 4.90 Å². The first kappa shape index (κ1) is 15.2. The molecule has 21 heavy (non-hydrogen) atoms. The molecule has 0 saturated carbocycles. The molecule has 1 aliphatic rings. The summed E-state index contributed by atoms with van der Waals surface area (Å²) in [6, 6.07) is 9.19. The normalized spacial score (nSPS) is 15.5. The van der Waals surface area contributed by atoms with Gasteiger partial charge >= 0.3 is 6.09 Å². The molecule has 0 unspecified atom stereocenters. The lowest BCUT2D eigenvalue weighted by Crippen LogP contribution is -2.37. The summed E-state index contributed by atoms with van der Waals surface area (Å²) in [5, 5.41) is 17.6. The molecule has 1 saturated heterocycles. The van der Waals surface area contributed by atoms with Gasteiger partial charge in [-0.25, -0.2) is 4.79 Å². The minimum Gasteiger partial charge on any atom is -0.494 e. The number of nitrogens with zero attached hydrogens (tertiary/aromatic N) is 2. The lowest BCUT2D eigenvalue weighted by atomic mass is 9.92. The SMILES string of the molecule is N#Cc1ccc(OCCCC2CCN(C(=O)O)CC2)cc1. The highest BCUT2D eigenvalue weighted by Gasteiger charge is 2.21. The Balaban J connectivity index is 1.62. The molecule has 1 amide bonds. The smallest absolute Gasteiger partial charge is 0.407 e. The molecule has 1 heterocycles. The quantitative estimate of drug-likeness (QED) is 0.845. The summed E-state index contributed by atoms with van der Waals surface area (Å²) < 4.78 is 5.64. The number of rotatable bonds is 5. The Morgan fingerprint density at radius 3 is 2.57 bits per heavy atom. The molecule has 0 aliphatic carbocycles. The van der Waals surface area contributed by atoms with Crippen molar-refractivity contribution >= 4 is 6.09 Å². The molecule has 1 aromatic carbocycles. The molecule has 0 aromatic heterocycles. The molecule has 2 rings (SSSR count). The third-order valence-electron chi connectivity index (χ3n) is 3.89. The maximum absolute atomic E-state index is 10.8. The maximum Gasteiger partial charge on any atom is 0.407 e. The van der Waals surface area contributed by atoms with E-state index in [1.807, 2.05) is 12.1 Å². The number of piperidine rings is 1. The summed E-state index contributed by atoms with van der Waals surface area (Å²) in [5.41, 5.74) is 0.632. The van der Waals surface area contributed by atoms with Crippen LogP contribution in [0, 0.1) is 17.2 Å². The van der Waals surface area contributed by atoms with E-state index in [0.29, 0.717) is 31.2 Å². The summed E-state index contributed by atoms with van der Waals surface area (Å²) in [6.45, 7) is 1.96. The van der Waals surface area contributed by atoms with Crippen molar-refractivity contribution in [2.75, 3.05) is 19.7 Å². The van der Waals surface area contributed by atoms with Crippen molar-refractivity contribution in [3.8, 4) is 11.8 Å². The van der Waals surface area contributed by atoms with Gasteiger partial charge in [-0.1, -0.05) is 0 Å². The van der Waals surface area contributed by atoms with Crippen LogP contribution in [-0.4, -0.2) is 35.8 Å². The summed E-state index contributed by atoms with van der Waals surface area (Å²) in [6.07, 6.45) is 3.13. The monoisotopic (exact) mass is 288 g/mol. The summed E-state index contributed by atoms with van der Waals surface area (Å²) >= 11 is 0. The third kappa shape index (κ3) is 4.67. The Bertz CT molecular complexity index is 499. The predicted molar refractivity (Wildman–Crippen MR) is 78.2 cm³/mol. The zero-order valence-electron chi connectivity index (χ0n) is 12.0. The van der Waals surface area contributed by atoms with E-state index >= 15 is 0 Å². The number of hydrogen-bond acceptors (Lipinski definition) is 3. The van der Waals surface area contributed by atoms with Crippen LogP contribution in [0.25, 0.3) is 0 Å². The number of likely N-dealkylation sites (tertiary alicyclic amines) is 1. The van der Waals surface area contributed by atoms with E-state index in [1.54, 1.807) is 12.1 Å². The fraction of sp³-hybridized carbons (Fsp3) is 0.500. The minimum atomic E-state index is -0.808. The van der Waals surface area contributed by atoms with E-state index in [0.717, 1.165) is 31.4 Å². The van der Waals surface area contributed by atoms with Crippen LogP contribution in [0.15, 0.2) is 24.3 Å². The van der Waals surface area contributed by atoms with Crippen LogP contribution < -0.4 is 4.74 Å². The van der Waals surface area contributed by atoms with E-state index in [2.05, 4.69) is 6.07 Å². The highest BCUT2D eigenvalue weighted by Crippen LogP contribution is 2.22. The topological polar surface area (TPSA) is 73.6 Å². The summed E-state index contributed by atoms with van der Waals surface area (Å²) in [5.74, 6) is 1.39. The molecule has 0 radical (unpaired) electrons. The summed E-state index contributed by atoms with van der Waals surface area (Å²) in [4.78, 5) is 12.3. The second-order valence-corrected chi connectivity index (χ2v) is 5.34. The van der Waals surface area contributed by atoms with E-state index in [9.17, 15) is 4.79 Å². The van der Waals surface area contributed by atoms with E-state index in [-0.39, 0.29) is 0 Å². The van der Waals surface area contributed by atoms with Crippen LogP contribution in [0.1, 0.15) is 31.2 Å². The molecule has 0 spiro atoms. The van der Waals surface area contributed by atoms with Gasteiger partial charge in [0.25, 0.3) is 0 Å². The number of benzene rings is 1. The molecule has 1 aliphatic heterocycles. The standard InChI is InChI=1S/C16H20N2O3/c17-12-14-3-5-15(6-4-14)21-11-1-2-13-7-9-18(10-8-13)16(19)20/h3-6,13H,1-2,7-11H2,(H,19,20). The van der Waals surface area contributed by atoms with Crippen molar-refractivity contribution in [3.63, 3.8) is 0 Å². The zero-order chi connectivity index (χ0) is 15.1. The molecule has 1 N–H and O–H groups in total. The highest BCUT2D eigenvalue weighted by molar-refractivity contribution is 5.64. The molecular formula is C16H20N2O3. The van der Waals surface area contributed by atoms with Crippen LogP contribution in [0.3, 0.4) is 0 Å². The average Bonchev–Trinajstić information content (AvgIpc) is 2.52. The van der Waals surface area contributed by atoms with Gasteiger partial charge in [-0.15, -0.1) is 0 Å². The van der Waals surface area contributed by atoms with Crippen LogP contribution in [0.2, 0.25) is 0 Å². The van der Waals surface area contributed by atoms with Gasteiger partial charge in [-0.2, -0.15) is 5.26 Å². The molecule has 1 fully saturated rings. The molecule has 1 aromatic rings. The Morgan fingerprint density at radius 1 is 1.33 bits per heavy atom. The predicted octanol–water partition coefficient (Wildman–Crippen LogP) is 3.11. The van der Waals surface area contributed by atoms with Gasteiger partial charge in [0, 0.05) is 13.1 Å². The fourth-order valence-corrected chi connectivity index (χ4v) is 2.60. The zero-order valence-corrected chi connectivity index (χ0v) is 12.0. The second kappa shape index (κ2) is 7.53. The van der Waals surface area contributed by atoms with Crippen molar-refractivity contribution in [2.24, 2.45) is 5.92 Å². The Labute approximate surface area is 124 Å². The Morgan fingerprint density at radius 2 is 2.00 bits per heavy atom. The maximum atomic E-state index is 10.8. The van der Waals surface area contributed by atoms with Gasteiger partial charge in [0.1, 0.15) is 5.75 Å². The van der Waals surface area contributed by atoms with Crippen molar-refractivity contribution < 1.29 is 14.6 Å². The van der Waals surface area contributed by atoms with Gasteiger partial charge < -0.3 is 14.7 Å². The Hall–Kier alpha value is -2.22. The van der Waals surface area contributed by atoms with Gasteiger partial charge in [-0.05, 0) is 55.9 Å². The van der Waals surface area contributed by atoms with Gasteiger partial charge in [0.2, 0.25) is 0 Å². The van der Waals surface area contributed by atoms with Crippen molar-refractivity contribution in [2.45, 2.75) is 25.7 Å². The largest absolute Gasteiger partial charge is 0.494 e. The average molecular weight is 288 g/mol. The van der Waals surface area contributed by atoms with Crippen LogP contribution in [0.4, 0.5) is 4.79 Å². The molecule has 5 nitrogen and oxygen atoms in total. The lowest BCUT2D eigenvalue weighted by molar-refractivity contribution is 0.121. The molecule has 112 valence electrons. The number of hydrogen-bond donors (Lipinski definition) is 1. The first-order valence-corrected chi connectivity index (χ1v) is 7.30. The second-order valence-electron chi connectivity index (χ2n) is 5.34. The van der Waals surface area contributed by atoms with Gasteiger partial charge in [0.15, 0.2) is 0 Å². The van der Waals surface area contributed by atoms with Gasteiger partial charge in [-0.3, -0.25) is 0 Å². The summed E-state index contributed by atoms with van der Waals surface area (Å²) in [7, 11) is 0. The lowest BCUT2D eigenvalue weighted by Gasteiger charge is -2.29. The highest BCUT2D eigenvalue weighted by atomic mass is 16.5. The molecule has 0 atom stereocenters. The number of ether oxygens (including phenoxy) is 1. The van der Waals surface area contributed by atoms with Crippen molar-refractivity contribution in [1.82, 2.24) is 4.90 Å². The van der Waals surface area contributed by atoms with Crippen LogP contribution in [0.5, 0.6) is 5.75 Å². The first-order chi connectivity index (χ1) is 10.2. The fourth-order valence-electron chi connectivity index (χ4n) is 2.60. The third-order valence-corrected chi connectivity index (χ3v) is 3.89. The number of amides is 1. The molecule has 5 heteroatoms. The molecule has 0 bridgehead atoms. The van der Waals surface area contributed by atoms with Crippen LogP contribution >= 0.6 is 0 Å². The minimum absolute atomic E-state index is 0.602. The van der Waals surface area contributed by atoms with E-state index < -0.39 is 6.09 Å². The molecular weight excluding hydrogens is 268 g/mol. The van der Waals surface area contributed by atoms with Crippen molar-refractivity contribution in [3.05, 3.63) is 29.8 Å². The van der Waals surface area contributed by atoms with Gasteiger partial charge in [0.05, 0.1) is 18.2 Å². The van der Waals surface area contributed by atoms with Crippen molar-refractivity contribution in [1.29, 1.82) is 5.26 Å². The number of nitriles is 1. The number of carboxylic acid groups (broad SMARTS) is 1.